The maximum absolute atomic E-state index is 6.28. The van der Waals surface area contributed by atoms with Crippen LogP contribution in [0.15, 0.2) is 95.4 Å². The highest BCUT2D eigenvalue weighted by Gasteiger charge is 2.20. The van der Waals surface area contributed by atoms with Crippen LogP contribution in [0.25, 0.3) is 33.8 Å². The number of benzene rings is 3. The van der Waals surface area contributed by atoms with Gasteiger partial charge in [0.25, 0.3) is 0 Å². The van der Waals surface area contributed by atoms with Crippen LogP contribution < -0.4 is 4.74 Å². The minimum absolute atomic E-state index is 0.826. The second kappa shape index (κ2) is 7.92. The van der Waals surface area contributed by atoms with Crippen LogP contribution in [0.3, 0.4) is 0 Å². The molecular formula is C24H18IO2+. The molecule has 0 aliphatic heterocycles. The van der Waals surface area contributed by atoms with Crippen LogP contribution in [0.1, 0.15) is 0 Å². The number of hydrogen-bond donors (Lipinski definition) is 0. The van der Waals surface area contributed by atoms with E-state index in [2.05, 4.69) is 83.3 Å². The molecule has 0 radical (unpaired) electrons. The molecule has 2 nitrogen and oxygen atoms in total. The van der Waals surface area contributed by atoms with Gasteiger partial charge in [0.2, 0.25) is 0 Å². The lowest BCUT2D eigenvalue weighted by molar-refractivity contribution is 0.415. The summed E-state index contributed by atoms with van der Waals surface area (Å²) in [6.45, 7) is 0. The van der Waals surface area contributed by atoms with Crippen molar-refractivity contribution in [2.45, 2.75) is 0 Å². The number of rotatable bonds is 4. The van der Waals surface area contributed by atoms with E-state index < -0.39 is 0 Å². The highest BCUT2D eigenvalue weighted by molar-refractivity contribution is 14.1. The summed E-state index contributed by atoms with van der Waals surface area (Å²) in [4.78, 5) is 0. The Kier molecular flexibility index (Phi) is 5.21. The lowest BCUT2D eigenvalue weighted by atomic mass is 10.0. The normalized spacial score (nSPS) is 10.6. The van der Waals surface area contributed by atoms with Crippen molar-refractivity contribution in [2.24, 2.45) is 0 Å². The predicted molar refractivity (Wildman–Crippen MR) is 119 cm³/mol. The molecule has 0 bridgehead atoms. The van der Waals surface area contributed by atoms with E-state index in [0.29, 0.717) is 0 Å². The fraction of sp³-hybridized carbons (Fsp3) is 0.0417. The lowest BCUT2D eigenvalue weighted by Crippen LogP contribution is -1.87. The summed E-state index contributed by atoms with van der Waals surface area (Å²) >= 11 is 2.31. The average Bonchev–Trinajstić information content (AvgIpc) is 2.74. The van der Waals surface area contributed by atoms with Crippen molar-refractivity contribution < 1.29 is 9.15 Å². The van der Waals surface area contributed by atoms with E-state index in [1.54, 1.807) is 7.11 Å². The molecule has 1 heterocycles. The van der Waals surface area contributed by atoms with Gasteiger partial charge >= 0.3 is 11.5 Å². The van der Waals surface area contributed by atoms with Crippen molar-refractivity contribution in [1.82, 2.24) is 0 Å². The molecule has 0 amide bonds. The smallest absolute Gasteiger partial charge is 0.361 e. The molecule has 3 heteroatoms. The molecule has 27 heavy (non-hydrogen) atoms. The molecule has 0 saturated heterocycles. The van der Waals surface area contributed by atoms with Crippen LogP contribution >= 0.6 is 22.6 Å². The van der Waals surface area contributed by atoms with Crippen molar-refractivity contribution in [3.8, 4) is 39.5 Å². The molecule has 0 aliphatic rings. The van der Waals surface area contributed by atoms with Gasteiger partial charge in [0, 0.05) is 9.13 Å². The number of methoxy groups -OCH3 is 1. The van der Waals surface area contributed by atoms with Gasteiger partial charge < -0.3 is 4.74 Å². The van der Waals surface area contributed by atoms with Gasteiger partial charge in [-0.3, -0.25) is 0 Å². The highest BCUT2D eigenvalue weighted by atomic mass is 127. The minimum atomic E-state index is 0.826. The van der Waals surface area contributed by atoms with Crippen LogP contribution in [-0.4, -0.2) is 7.11 Å². The molecule has 132 valence electrons. The largest absolute Gasteiger partial charge is 0.497 e. The summed E-state index contributed by atoms with van der Waals surface area (Å²) in [6, 6.07) is 30.9. The molecule has 1 aromatic heterocycles. The van der Waals surface area contributed by atoms with E-state index in [1.165, 1.54) is 3.57 Å². The lowest BCUT2D eigenvalue weighted by Gasteiger charge is -2.03. The second-order valence-electron chi connectivity index (χ2n) is 6.18. The highest BCUT2D eigenvalue weighted by Crippen LogP contribution is 2.33. The summed E-state index contributed by atoms with van der Waals surface area (Å²) in [6.07, 6.45) is 0. The first kappa shape index (κ1) is 17.7. The summed E-state index contributed by atoms with van der Waals surface area (Å²) in [7, 11) is 1.67. The Morgan fingerprint density at radius 3 is 1.74 bits per heavy atom. The number of ether oxygens (including phenoxy) is 1. The maximum atomic E-state index is 6.28. The van der Waals surface area contributed by atoms with E-state index in [-0.39, 0.29) is 0 Å². The van der Waals surface area contributed by atoms with Gasteiger partial charge in [0.1, 0.15) is 5.75 Å². The van der Waals surface area contributed by atoms with E-state index >= 15 is 0 Å². The Balaban J connectivity index is 1.87. The zero-order chi connectivity index (χ0) is 18.6. The standard InChI is InChI=1S/C24H18IO2/c1-26-22-13-9-19(10-14-22)24-16-20(17-5-3-2-4-6-17)15-23(27-24)18-7-11-21(25)12-8-18/h2-16H,1H3/q+1. The van der Waals surface area contributed by atoms with Gasteiger partial charge in [-0.15, -0.1) is 0 Å². The zero-order valence-corrected chi connectivity index (χ0v) is 17.0. The topological polar surface area (TPSA) is 20.5 Å². The molecule has 0 atom stereocenters. The van der Waals surface area contributed by atoms with Gasteiger partial charge in [0.15, 0.2) is 0 Å². The molecular weight excluding hydrogens is 447 g/mol. The second-order valence-corrected chi connectivity index (χ2v) is 7.42. The van der Waals surface area contributed by atoms with Crippen LogP contribution in [0.4, 0.5) is 0 Å². The van der Waals surface area contributed by atoms with E-state index in [9.17, 15) is 0 Å². The van der Waals surface area contributed by atoms with Crippen molar-refractivity contribution in [1.29, 1.82) is 0 Å². The quantitative estimate of drug-likeness (QED) is 0.235. The Hall–Kier alpha value is -2.66. The molecule has 0 spiro atoms. The molecule has 0 N–H and O–H groups in total. The molecule has 0 saturated carbocycles. The van der Waals surface area contributed by atoms with Crippen molar-refractivity contribution >= 4 is 22.6 Å². The van der Waals surface area contributed by atoms with Gasteiger partial charge in [-0.05, 0) is 76.7 Å². The van der Waals surface area contributed by atoms with Crippen molar-refractivity contribution in [3.05, 3.63) is 94.6 Å². The number of halogens is 1. The third-order valence-electron chi connectivity index (χ3n) is 4.40. The third-order valence-corrected chi connectivity index (χ3v) is 5.12. The Labute approximate surface area is 172 Å². The van der Waals surface area contributed by atoms with E-state index in [0.717, 1.165) is 39.5 Å². The van der Waals surface area contributed by atoms with Crippen LogP contribution in [0.2, 0.25) is 0 Å². The van der Waals surface area contributed by atoms with Crippen LogP contribution in [0, 0.1) is 3.57 Å². The van der Waals surface area contributed by atoms with E-state index in [4.69, 9.17) is 9.15 Å². The molecule has 0 aliphatic carbocycles. The van der Waals surface area contributed by atoms with Gasteiger partial charge in [0.05, 0.1) is 30.4 Å². The minimum Gasteiger partial charge on any atom is -0.497 e. The molecule has 0 fully saturated rings. The third kappa shape index (κ3) is 4.03. The average molecular weight is 465 g/mol. The van der Waals surface area contributed by atoms with Gasteiger partial charge in [-0.25, -0.2) is 4.42 Å². The van der Waals surface area contributed by atoms with Crippen LogP contribution in [-0.2, 0) is 0 Å². The van der Waals surface area contributed by atoms with Crippen molar-refractivity contribution in [2.75, 3.05) is 7.11 Å². The number of hydrogen-bond acceptors (Lipinski definition) is 1. The molecule has 4 aromatic rings. The first-order chi connectivity index (χ1) is 13.2. The first-order valence-corrected chi connectivity index (χ1v) is 9.75. The Morgan fingerprint density at radius 2 is 1.19 bits per heavy atom. The van der Waals surface area contributed by atoms with Crippen molar-refractivity contribution in [3.63, 3.8) is 0 Å². The fourth-order valence-electron chi connectivity index (χ4n) is 2.95. The summed E-state index contributed by atoms with van der Waals surface area (Å²) in [5, 5.41) is 0. The first-order valence-electron chi connectivity index (χ1n) is 8.67. The predicted octanol–water partition coefficient (Wildman–Crippen LogP) is 7.17. The zero-order valence-electron chi connectivity index (χ0n) is 14.9. The summed E-state index contributed by atoms with van der Waals surface area (Å²) in [5.74, 6) is 2.50. The molecule has 4 rings (SSSR count). The Bertz CT molecular complexity index is 1040. The van der Waals surface area contributed by atoms with Crippen LogP contribution in [0.5, 0.6) is 5.75 Å². The summed E-state index contributed by atoms with van der Waals surface area (Å²) in [5.41, 5.74) is 4.36. The van der Waals surface area contributed by atoms with Gasteiger partial charge in [-0.1, -0.05) is 30.3 Å². The Morgan fingerprint density at radius 1 is 0.630 bits per heavy atom. The molecule has 3 aromatic carbocycles. The van der Waals surface area contributed by atoms with E-state index in [1.807, 2.05) is 30.3 Å². The van der Waals surface area contributed by atoms with Gasteiger partial charge in [-0.2, -0.15) is 0 Å². The molecule has 0 unspecified atom stereocenters. The monoisotopic (exact) mass is 465 g/mol. The summed E-state index contributed by atoms with van der Waals surface area (Å²) < 4.78 is 12.8. The fourth-order valence-corrected chi connectivity index (χ4v) is 3.31. The SMILES string of the molecule is COc1ccc(-c2cc(-c3ccccc3)cc(-c3ccc(I)cc3)[o+]2)cc1. The maximum Gasteiger partial charge on any atom is 0.361 e.